The summed E-state index contributed by atoms with van der Waals surface area (Å²) >= 11 is 5.76. The maximum Gasteiger partial charge on any atom is 0.256 e. The van der Waals surface area contributed by atoms with Gasteiger partial charge < -0.3 is 25.4 Å². The van der Waals surface area contributed by atoms with E-state index >= 15 is 0 Å². The second-order valence-electron chi connectivity index (χ2n) is 11.7. The van der Waals surface area contributed by atoms with Crippen LogP contribution in [-0.2, 0) is 11.3 Å². The maximum absolute atomic E-state index is 14.3. The third-order valence-corrected chi connectivity index (χ3v) is 9.21. The molecule has 8 nitrogen and oxygen atoms in total. The molecule has 3 N–H and O–H groups in total. The fourth-order valence-corrected chi connectivity index (χ4v) is 6.73. The normalized spacial score (nSPS) is 19.1. The Morgan fingerprint density at radius 1 is 1.09 bits per heavy atom. The summed E-state index contributed by atoms with van der Waals surface area (Å²) in [6.07, 6.45) is 6.10. The highest BCUT2D eigenvalue weighted by Crippen LogP contribution is 2.35. The van der Waals surface area contributed by atoms with Gasteiger partial charge >= 0.3 is 0 Å². The molecule has 2 aromatic carbocycles. The van der Waals surface area contributed by atoms with E-state index in [1.165, 1.54) is 18.9 Å². The van der Waals surface area contributed by atoms with Crippen molar-refractivity contribution >= 4 is 46.7 Å². The lowest BCUT2D eigenvalue weighted by molar-refractivity contribution is -0.110. The number of aryl methyl sites for hydroxylation is 1. The lowest BCUT2D eigenvalue weighted by Gasteiger charge is -2.28. The largest absolute Gasteiger partial charge is 0.358 e. The van der Waals surface area contributed by atoms with Gasteiger partial charge in [0, 0.05) is 59.4 Å². The van der Waals surface area contributed by atoms with Crippen LogP contribution in [0, 0.1) is 25.5 Å². The Morgan fingerprint density at radius 3 is 2.64 bits per heavy atom. The molecule has 0 spiro atoms. The summed E-state index contributed by atoms with van der Waals surface area (Å²) in [4.78, 5) is 47.5. The van der Waals surface area contributed by atoms with Gasteiger partial charge in [-0.25, -0.2) is 8.78 Å². The van der Waals surface area contributed by atoms with E-state index in [0.717, 1.165) is 62.4 Å². The standard InChI is InChI=1S/C33H34ClF2N5O3/c1-18-28(38-19(2)29(18)33(44)41-13-5-6-21(41)17-40-11-3-4-12-40)15-23-22-14-20(7-10-27(22)39-32(23)43)31(42)37-16-24-26(35)9-8-25(34)30(24)36/h7-10,14-15,21,38H,3-6,11-13,16-17H2,1-2H3,(H,37,42)(H,39,43)/t21-/m0/s1. The Bertz CT molecular complexity index is 1690. The summed E-state index contributed by atoms with van der Waals surface area (Å²) in [5.41, 5.74) is 3.99. The molecule has 44 heavy (non-hydrogen) atoms. The Hall–Kier alpha value is -4.02. The van der Waals surface area contributed by atoms with Gasteiger partial charge in [0.25, 0.3) is 17.7 Å². The van der Waals surface area contributed by atoms with Crippen LogP contribution in [0.2, 0.25) is 5.02 Å². The van der Waals surface area contributed by atoms with Crippen molar-refractivity contribution in [2.45, 2.75) is 52.1 Å². The summed E-state index contributed by atoms with van der Waals surface area (Å²) in [6.45, 7) is 7.15. The summed E-state index contributed by atoms with van der Waals surface area (Å²) in [5, 5.41) is 5.10. The smallest absolute Gasteiger partial charge is 0.256 e. The van der Waals surface area contributed by atoms with Gasteiger partial charge in [-0.3, -0.25) is 14.4 Å². The zero-order chi connectivity index (χ0) is 31.1. The molecule has 0 saturated carbocycles. The molecule has 3 aliphatic rings. The number of nitrogens with zero attached hydrogens (tertiary/aromatic N) is 2. The summed E-state index contributed by atoms with van der Waals surface area (Å²) in [7, 11) is 0. The Morgan fingerprint density at radius 2 is 1.86 bits per heavy atom. The summed E-state index contributed by atoms with van der Waals surface area (Å²) in [5.74, 6) is -2.65. The highest BCUT2D eigenvalue weighted by atomic mass is 35.5. The zero-order valence-corrected chi connectivity index (χ0v) is 25.4. The highest BCUT2D eigenvalue weighted by Gasteiger charge is 2.34. The van der Waals surface area contributed by atoms with E-state index in [1.807, 2.05) is 18.7 Å². The van der Waals surface area contributed by atoms with Crippen LogP contribution in [0.15, 0.2) is 30.3 Å². The second-order valence-corrected chi connectivity index (χ2v) is 12.2. The summed E-state index contributed by atoms with van der Waals surface area (Å²) < 4.78 is 28.4. The molecule has 3 aromatic rings. The number of carbonyl (C=O) groups is 3. The van der Waals surface area contributed by atoms with Crippen LogP contribution in [0.25, 0.3) is 11.6 Å². The third kappa shape index (κ3) is 5.64. The quantitative estimate of drug-likeness (QED) is 0.233. The second kappa shape index (κ2) is 12.2. The molecule has 11 heteroatoms. The van der Waals surface area contributed by atoms with Crippen LogP contribution in [0.3, 0.4) is 0 Å². The molecule has 1 atom stereocenters. The van der Waals surface area contributed by atoms with E-state index in [-0.39, 0.29) is 34.0 Å². The van der Waals surface area contributed by atoms with Crippen LogP contribution in [0.5, 0.6) is 0 Å². The highest BCUT2D eigenvalue weighted by molar-refractivity contribution is 6.35. The maximum atomic E-state index is 14.3. The van der Waals surface area contributed by atoms with Crippen molar-refractivity contribution in [2.75, 3.05) is 31.5 Å². The molecule has 0 bridgehead atoms. The lowest BCUT2D eigenvalue weighted by atomic mass is 10.0. The number of likely N-dealkylation sites (tertiary alicyclic amines) is 2. The molecule has 4 heterocycles. The van der Waals surface area contributed by atoms with Crippen molar-refractivity contribution in [1.82, 2.24) is 20.1 Å². The van der Waals surface area contributed by atoms with Gasteiger partial charge in [-0.15, -0.1) is 0 Å². The van der Waals surface area contributed by atoms with Gasteiger partial charge in [0.15, 0.2) is 0 Å². The molecule has 2 saturated heterocycles. The zero-order valence-electron chi connectivity index (χ0n) is 24.7. The molecule has 0 radical (unpaired) electrons. The number of H-pyrrole nitrogens is 1. The monoisotopic (exact) mass is 621 g/mol. The van der Waals surface area contributed by atoms with Crippen molar-refractivity contribution < 1.29 is 23.2 Å². The van der Waals surface area contributed by atoms with E-state index in [2.05, 4.69) is 20.5 Å². The lowest BCUT2D eigenvalue weighted by Crippen LogP contribution is -2.42. The SMILES string of the molecule is Cc1[nH]c(C=C2C(=O)Nc3ccc(C(=O)NCc4c(F)ccc(Cl)c4F)cc32)c(C)c1C(=O)N1CCC[C@H]1CN1CCCC1. The topological polar surface area (TPSA) is 97.5 Å². The number of rotatable bonds is 7. The van der Waals surface area contributed by atoms with Crippen LogP contribution < -0.4 is 10.6 Å². The molecule has 1 aromatic heterocycles. The van der Waals surface area contributed by atoms with E-state index in [4.69, 9.17) is 11.6 Å². The molecule has 3 amide bonds. The number of aromatic amines is 1. The number of hydrogen-bond donors (Lipinski definition) is 3. The molecular weight excluding hydrogens is 588 g/mol. The number of carbonyl (C=O) groups excluding carboxylic acids is 3. The molecule has 0 aliphatic carbocycles. The fourth-order valence-electron chi connectivity index (χ4n) is 6.56. The average molecular weight is 622 g/mol. The van der Waals surface area contributed by atoms with Crippen LogP contribution in [0.1, 0.15) is 74.5 Å². The third-order valence-electron chi connectivity index (χ3n) is 8.91. The van der Waals surface area contributed by atoms with E-state index in [1.54, 1.807) is 18.2 Å². The van der Waals surface area contributed by atoms with Crippen molar-refractivity contribution in [1.29, 1.82) is 0 Å². The van der Waals surface area contributed by atoms with Gasteiger partial charge in [0.2, 0.25) is 0 Å². The first kappa shape index (κ1) is 30.0. The molecule has 0 unspecified atom stereocenters. The Labute approximate surface area is 259 Å². The number of nitrogens with one attached hydrogen (secondary N) is 3. The van der Waals surface area contributed by atoms with E-state index in [0.29, 0.717) is 28.1 Å². The predicted octanol–water partition coefficient (Wildman–Crippen LogP) is 5.69. The Balaban J connectivity index is 1.23. The molecule has 6 rings (SSSR count). The number of anilines is 1. The number of hydrogen-bond acceptors (Lipinski definition) is 4. The molecule has 230 valence electrons. The van der Waals surface area contributed by atoms with Gasteiger partial charge in [-0.1, -0.05) is 11.6 Å². The number of aromatic nitrogens is 1. The van der Waals surface area contributed by atoms with E-state index in [9.17, 15) is 23.2 Å². The van der Waals surface area contributed by atoms with Gasteiger partial charge in [0.05, 0.1) is 16.2 Å². The van der Waals surface area contributed by atoms with Crippen LogP contribution in [-0.4, -0.2) is 64.7 Å². The van der Waals surface area contributed by atoms with Crippen LogP contribution >= 0.6 is 11.6 Å². The molecule has 2 fully saturated rings. The first-order valence-electron chi connectivity index (χ1n) is 14.9. The van der Waals surface area contributed by atoms with Crippen molar-refractivity contribution in [3.8, 4) is 0 Å². The first-order chi connectivity index (χ1) is 21.1. The predicted molar refractivity (Wildman–Crippen MR) is 165 cm³/mol. The average Bonchev–Trinajstić information content (AvgIpc) is 3.79. The molecular formula is C33H34ClF2N5O3. The number of amides is 3. The van der Waals surface area contributed by atoms with Gasteiger partial charge in [-0.05, 0) is 94.6 Å². The van der Waals surface area contributed by atoms with Gasteiger partial charge in [0.1, 0.15) is 11.6 Å². The Kier molecular flexibility index (Phi) is 8.30. The van der Waals surface area contributed by atoms with Crippen molar-refractivity contribution in [2.24, 2.45) is 0 Å². The van der Waals surface area contributed by atoms with Gasteiger partial charge in [-0.2, -0.15) is 0 Å². The van der Waals surface area contributed by atoms with Crippen LogP contribution in [0.4, 0.5) is 14.5 Å². The van der Waals surface area contributed by atoms with Crippen molar-refractivity contribution in [3.63, 3.8) is 0 Å². The first-order valence-corrected chi connectivity index (χ1v) is 15.3. The fraction of sp³-hybridized carbons (Fsp3) is 0.364. The van der Waals surface area contributed by atoms with E-state index < -0.39 is 24.1 Å². The minimum absolute atomic E-state index is 0.00500. The number of fused-ring (bicyclic) bond motifs is 1. The minimum Gasteiger partial charge on any atom is -0.358 e. The summed E-state index contributed by atoms with van der Waals surface area (Å²) in [6, 6.07) is 7.04. The number of halogens is 3. The van der Waals surface area contributed by atoms with Crippen molar-refractivity contribution in [3.05, 3.63) is 86.2 Å². The number of benzene rings is 2. The minimum atomic E-state index is -0.928. The molecule has 3 aliphatic heterocycles.